The van der Waals surface area contributed by atoms with Crippen LogP contribution in [0.2, 0.25) is 5.02 Å². The van der Waals surface area contributed by atoms with E-state index in [9.17, 15) is 9.59 Å². The minimum absolute atomic E-state index is 0.360. The van der Waals surface area contributed by atoms with E-state index in [1.165, 1.54) is 11.6 Å². The molecule has 0 spiro atoms. The van der Waals surface area contributed by atoms with Crippen LogP contribution in [0.25, 0.3) is 11.2 Å². The summed E-state index contributed by atoms with van der Waals surface area (Å²) in [6.07, 6.45) is 0. The van der Waals surface area contributed by atoms with Crippen molar-refractivity contribution in [2.75, 3.05) is 36.4 Å². The number of hydrogen-bond acceptors (Lipinski definition) is 5. The van der Waals surface area contributed by atoms with Gasteiger partial charge < -0.3 is 15.1 Å². The lowest BCUT2D eigenvalue weighted by Gasteiger charge is -2.37. The third-order valence-corrected chi connectivity index (χ3v) is 7.99. The number of aryl methyl sites for hydroxylation is 2. The Kier molecular flexibility index (Phi) is 7.34. The Morgan fingerprint density at radius 1 is 1.05 bits per heavy atom. The van der Waals surface area contributed by atoms with Crippen molar-refractivity contribution in [2.45, 2.75) is 13.5 Å². The summed E-state index contributed by atoms with van der Waals surface area (Å²) in [7, 11) is 3.14. The van der Waals surface area contributed by atoms with Crippen molar-refractivity contribution in [1.82, 2.24) is 23.6 Å². The molecular formula is C26H27BrClN7O2S. The average Bonchev–Trinajstić information content (AvgIpc) is 3.28. The van der Waals surface area contributed by atoms with Crippen LogP contribution in [0, 0.1) is 6.92 Å². The number of nitrogens with zero attached hydrogens (tertiary/aromatic N) is 6. The molecule has 3 heterocycles. The van der Waals surface area contributed by atoms with Crippen molar-refractivity contribution in [3.63, 3.8) is 0 Å². The normalized spacial score (nSPS) is 13.8. The van der Waals surface area contributed by atoms with Crippen molar-refractivity contribution < 1.29 is 0 Å². The molecule has 0 aliphatic carbocycles. The van der Waals surface area contributed by atoms with E-state index in [1.54, 1.807) is 7.05 Å². The van der Waals surface area contributed by atoms with E-state index in [4.69, 9.17) is 28.8 Å². The zero-order valence-electron chi connectivity index (χ0n) is 21.2. The first-order valence-corrected chi connectivity index (χ1v) is 13.7. The number of fused-ring (bicyclic) bond motifs is 1. The molecule has 1 aliphatic heterocycles. The molecule has 0 unspecified atom stereocenters. The number of rotatable bonds is 4. The smallest absolute Gasteiger partial charge is 0.332 e. The average molecular weight is 617 g/mol. The van der Waals surface area contributed by atoms with Gasteiger partial charge in [-0.15, -0.1) is 0 Å². The van der Waals surface area contributed by atoms with Gasteiger partial charge in [0.25, 0.3) is 5.56 Å². The lowest BCUT2D eigenvalue weighted by atomic mass is 10.2. The van der Waals surface area contributed by atoms with Crippen molar-refractivity contribution in [3.8, 4) is 0 Å². The van der Waals surface area contributed by atoms with Gasteiger partial charge in [0.05, 0.1) is 6.54 Å². The van der Waals surface area contributed by atoms with E-state index in [0.29, 0.717) is 60.0 Å². The Hall–Kier alpha value is -3.15. The molecular weight excluding hydrogens is 590 g/mol. The van der Waals surface area contributed by atoms with E-state index in [1.807, 2.05) is 54.0 Å². The van der Waals surface area contributed by atoms with Crippen LogP contribution in [0.5, 0.6) is 0 Å². The van der Waals surface area contributed by atoms with Gasteiger partial charge in [0.2, 0.25) is 5.95 Å². The number of halogens is 2. The summed E-state index contributed by atoms with van der Waals surface area (Å²) in [5, 5.41) is 4.67. The Balaban J connectivity index is 1.44. The number of aromatic nitrogens is 4. The van der Waals surface area contributed by atoms with Crippen LogP contribution in [0.3, 0.4) is 0 Å². The molecule has 1 aliphatic rings. The lowest BCUT2D eigenvalue weighted by molar-refractivity contribution is 0.386. The van der Waals surface area contributed by atoms with Gasteiger partial charge in [0.1, 0.15) is 0 Å². The molecule has 12 heteroatoms. The first-order chi connectivity index (χ1) is 18.1. The van der Waals surface area contributed by atoms with Crippen molar-refractivity contribution in [1.29, 1.82) is 0 Å². The molecule has 4 aromatic rings. The number of nitrogens with one attached hydrogen (secondary N) is 1. The fraction of sp³-hybridized carbons (Fsp3) is 0.308. The van der Waals surface area contributed by atoms with E-state index in [-0.39, 0.29) is 5.56 Å². The van der Waals surface area contributed by atoms with Gasteiger partial charge in [-0.05, 0) is 60.6 Å². The van der Waals surface area contributed by atoms with Crippen LogP contribution in [-0.4, -0.2) is 54.9 Å². The van der Waals surface area contributed by atoms with E-state index >= 15 is 0 Å². The summed E-state index contributed by atoms with van der Waals surface area (Å²) in [5.74, 6) is 0.660. The zero-order chi connectivity index (χ0) is 27.1. The van der Waals surface area contributed by atoms with Gasteiger partial charge in [-0.2, -0.15) is 4.98 Å². The molecule has 0 atom stereocenters. The second-order valence-electron chi connectivity index (χ2n) is 9.37. The standard InChI is InChI=1S/C26H27BrClN7O2S/c1-16-14-19(28)8-9-20(16)29-25(38)34-12-10-33(11-13-34)24-30-22-21(23(36)32(3)26(37)31(22)2)35(24)15-17-4-6-18(27)7-5-17/h4-9,14H,10-13,15H2,1-3H3,(H,29,38). The maximum Gasteiger partial charge on any atom is 0.332 e. The third kappa shape index (κ3) is 4.97. The number of thiocarbonyl (C=S) groups is 1. The topological polar surface area (TPSA) is 80.3 Å². The summed E-state index contributed by atoms with van der Waals surface area (Å²) >= 11 is 15.3. The molecule has 5 rings (SSSR count). The second-order valence-corrected chi connectivity index (χ2v) is 11.1. The quantitative estimate of drug-likeness (QED) is 0.350. The van der Waals surface area contributed by atoms with Crippen LogP contribution in [0.4, 0.5) is 11.6 Å². The highest BCUT2D eigenvalue weighted by atomic mass is 79.9. The SMILES string of the molecule is Cc1cc(Cl)ccc1NC(=S)N1CCN(c2nc3c(c(=O)n(C)c(=O)n3C)n2Cc2ccc(Br)cc2)CC1. The van der Waals surface area contributed by atoms with Crippen molar-refractivity contribution in [3.05, 3.63) is 83.9 Å². The Labute approximate surface area is 238 Å². The van der Waals surface area contributed by atoms with Gasteiger partial charge in [0.15, 0.2) is 16.3 Å². The van der Waals surface area contributed by atoms with Gasteiger partial charge in [-0.25, -0.2) is 4.79 Å². The minimum atomic E-state index is -0.402. The molecule has 1 fully saturated rings. The Morgan fingerprint density at radius 3 is 2.39 bits per heavy atom. The van der Waals surface area contributed by atoms with E-state index in [2.05, 4.69) is 31.0 Å². The van der Waals surface area contributed by atoms with Crippen molar-refractivity contribution >= 4 is 67.7 Å². The molecule has 9 nitrogen and oxygen atoms in total. The Morgan fingerprint density at radius 2 is 1.74 bits per heavy atom. The Bertz CT molecular complexity index is 1650. The van der Waals surface area contributed by atoms with Crippen molar-refractivity contribution in [2.24, 2.45) is 14.1 Å². The highest BCUT2D eigenvalue weighted by Gasteiger charge is 2.26. The molecule has 0 radical (unpaired) electrons. The molecule has 38 heavy (non-hydrogen) atoms. The van der Waals surface area contributed by atoms with Crippen LogP contribution in [0.15, 0.2) is 56.5 Å². The minimum Gasteiger partial charge on any atom is -0.345 e. The highest BCUT2D eigenvalue weighted by Crippen LogP contribution is 2.24. The summed E-state index contributed by atoms with van der Waals surface area (Å²) in [6, 6.07) is 13.6. The molecule has 1 saturated heterocycles. The first kappa shape index (κ1) is 26.5. The van der Waals surface area contributed by atoms with Gasteiger partial charge in [-0.3, -0.25) is 18.5 Å². The summed E-state index contributed by atoms with van der Waals surface area (Å²) < 4.78 is 5.46. The van der Waals surface area contributed by atoms with Gasteiger partial charge >= 0.3 is 5.69 Å². The number of imidazole rings is 1. The number of anilines is 2. The van der Waals surface area contributed by atoms with Crippen LogP contribution < -0.4 is 21.5 Å². The zero-order valence-corrected chi connectivity index (χ0v) is 24.4. The molecule has 0 bridgehead atoms. The van der Waals surface area contributed by atoms with Crippen LogP contribution in [-0.2, 0) is 20.6 Å². The predicted molar refractivity (Wildman–Crippen MR) is 160 cm³/mol. The fourth-order valence-corrected chi connectivity index (χ4v) is 5.45. The number of hydrogen-bond donors (Lipinski definition) is 1. The fourth-order valence-electron chi connectivity index (χ4n) is 4.67. The number of benzene rings is 2. The summed E-state index contributed by atoms with van der Waals surface area (Å²) in [5.41, 5.74) is 2.99. The molecule has 0 saturated carbocycles. The van der Waals surface area contributed by atoms with Gasteiger partial charge in [0, 0.05) is 55.5 Å². The van der Waals surface area contributed by atoms with Crippen LogP contribution >= 0.6 is 39.7 Å². The molecule has 0 amide bonds. The molecule has 2 aromatic carbocycles. The maximum atomic E-state index is 13.2. The molecule has 198 valence electrons. The molecule has 2 aromatic heterocycles. The highest BCUT2D eigenvalue weighted by molar-refractivity contribution is 9.10. The monoisotopic (exact) mass is 615 g/mol. The number of piperazine rings is 1. The largest absolute Gasteiger partial charge is 0.345 e. The van der Waals surface area contributed by atoms with E-state index < -0.39 is 5.69 Å². The molecule has 1 N–H and O–H groups in total. The maximum absolute atomic E-state index is 13.2. The first-order valence-electron chi connectivity index (χ1n) is 12.1. The van der Waals surface area contributed by atoms with E-state index in [0.717, 1.165) is 25.9 Å². The predicted octanol–water partition coefficient (Wildman–Crippen LogP) is 3.73. The lowest BCUT2D eigenvalue weighted by Crippen LogP contribution is -2.50. The third-order valence-electron chi connectivity index (χ3n) is 6.86. The van der Waals surface area contributed by atoms with Gasteiger partial charge in [-0.1, -0.05) is 39.7 Å². The van der Waals surface area contributed by atoms with Crippen LogP contribution in [0.1, 0.15) is 11.1 Å². The second kappa shape index (κ2) is 10.5. The summed E-state index contributed by atoms with van der Waals surface area (Å²) in [6.45, 7) is 5.09. The summed E-state index contributed by atoms with van der Waals surface area (Å²) in [4.78, 5) is 35.0.